The van der Waals surface area contributed by atoms with Crippen LogP contribution in [0.4, 0.5) is 0 Å². The van der Waals surface area contributed by atoms with Crippen molar-refractivity contribution in [2.75, 3.05) is 0 Å². The molecule has 4 rings (SSSR count). The molecule has 5 nitrogen and oxygen atoms in total. The topological polar surface area (TPSA) is 75.1 Å². The van der Waals surface area contributed by atoms with E-state index < -0.39 is 0 Å². The molecule has 0 spiro atoms. The molecule has 0 radical (unpaired) electrons. The number of carbonyl (C=O) groups excluding carboxylic acids is 1. The van der Waals surface area contributed by atoms with Gasteiger partial charge in [-0.3, -0.25) is 9.36 Å². The largest absolute Gasteiger partial charge is 0.508 e. The van der Waals surface area contributed by atoms with E-state index in [0.29, 0.717) is 16.9 Å². The van der Waals surface area contributed by atoms with E-state index in [1.807, 2.05) is 32.0 Å². The fourth-order valence-corrected chi connectivity index (χ4v) is 3.35. The first-order chi connectivity index (χ1) is 14.9. The van der Waals surface area contributed by atoms with Crippen molar-refractivity contribution in [2.24, 2.45) is 0 Å². The average Bonchev–Trinajstić information content (AvgIpc) is 3.16. The van der Waals surface area contributed by atoms with Gasteiger partial charge in [0.25, 0.3) is 0 Å². The van der Waals surface area contributed by atoms with Crippen LogP contribution < -0.4 is 5.69 Å². The Labute approximate surface area is 179 Å². The van der Waals surface area contributed by atoms with Crippen molar-refractivity contribution in [1.82, 2.24) is 9.55 Å². The van der Waals surface area contributed by atoms with Crippen molar-refractivity contribution in [3.05, 3.63) is 112 Å². The van der Waals surface area contributed by atoms with Crippen LogP contribution in [-0.2, 0) is 0 Å². The molecule has 1 aromatic heterocycles. The van der Waals surface area contributed by atoms with Gasteiger partial charge in [-0.2, -0.15) is 0 Å². The predicted molar refractivity (Wildman–Crippen MR) is 123 cm³/mol. The van der Waals surface area contributed by atoms with E-state index in [1.54, 1.807) is 60.8 Å². The van der Waals surface area contributed by atoms with Crippen molar-refractivity contribution in [1.29, 1.82) is 0 Å². The van der Waals surface area contributed by atoms with Crippen molar-refractivity contribution >= 4 is 11.9 Å². The first kappa shape index (κ1) is 20.2. The van der Waals surface area contributed by atoms with Crippen LogP contribution in [0.15, 0.2) is 83.8 Å². The van der Waals surface area contributed by atoms with E-state index in [0.717, 1.165) is 16.7 Å². The monoisotopic (exact) mass is 410 g/mol. The zero-order chi connectivity index (χ0) is 22.0. The molecule has 1 heterocycles. The van der Waals surface area contributed by atoms with Crippen LogP contribution in [0, 0.1) is 13.8 Å². The number of aromatic amines is 1. The van der Waals surface area contributed by atoms with E-state index in [1.165, 1.54) is 16.2 Å². The minimum atomic E-state index is -0.270. The maximum absolute atomic E-state index is 12.6. The predicted octanol–water partition coefficient (Wildman–Crippen LogP) is 5.05. The smallest absolute Gasteiger partial charge is 0.330 e. The second-order valence-electron chi connectivity index (χ2n) is 7.48. The summed E-state index contributed by atoms with van der Waals surface area (Å²) in [6.45, 7) is 4.08. The van der Waals surface area contributed by atoms with Crippen molar-refractivity contribution < 1.29 is 9.90 Å². The number of hydrogen-bond acceptors (Lipinski definition) is 3. The number of carbonyl (C=O) groups is 1. The molecule has 0 unspecified atom stereocenters. The third kappa shape index (κ3) is 4.41. The van der Waals surface area contributed by atoms with Gasteiger partial charge in [0.1, 0.15) is 5.75 Å². The summed E-state index contributed by atoms with van der Waals surface area (Å²) in [5.41, 5.74) is 5.52. The first-order valence-electron chi connectivity index (χ1n) is 9.92. The molecule has 154 valence electrons. The van der Waals surface area contributed by atoms with Crippen LogP contribution >= 0.6 is 0 Å². The molecule has 0 aliphatic rings. The van der Waals surface area contributed by atoms with Gasteiger partial charge in [-0.1, -0.05) is 42.5 Å². The molecule has 3 aromatic carbocycles. The number of imidazole rings is 1. The van der Waals surface area contributed by atoms with E-state index in [-0.39, 0.29) is 17.2 Å². The first-order valence-corrected chi connectivity index (χ1v) is 9.92. The normalized spacial score (nSPS) is 11.2. The Bertz CT molecular complexity index is 1360. The van der Waals surface area contributed by atoms with E-state index in [4.69, 9.17) is 0 Å². The van der Waals surface area contributed by atoms with Gasteiger partial charge >= 0.3 is 5.69 Å². The van der Waals surface area contributed by atoms with Crippen molar-refractivity contribution in [3.8, 4) is 22.7 Å². The highest BCUT2D eigenvalue weighted by molar-refractivity contribution is 6.07. The number of hydrogen-bond donors (Lipinski definition) is 2. The van der Waals surface area contributed by atoms with E-state index in [9.17, 15) is 14.7 Å². The minimum absolute atomic E-state index is 0.142. The SMILES string of the molecule is Cc1ccc(-c2cn(-c3cccc(C(=O)/C=C/c4cccc(O)c4)c3)c(=O)[nH]2)cc1C. The third-order valence-electron chi connectivity index (χ3n) is 5.24. The zero-order valence-corrected chi connectivity index (χ0v) is 17.3. The lowest BCUT2D eigenvalue weighted by atomic mass is 10.0. The van der Waals surface area contributed by atoms with Crippen LogP contribution in [-0.4, -0.2) is 20.4 Å². The van der Waals surface area contributed by atoms with Crippen LogP contribution in [0.3, 0.4) is 0 Å². The lowest BCUT2D eigenvalue weighted by Crippen LogP contribution is -2.14. The molecule has 5 heteroatoms. The van der Waals surface area contributed by atoms with Gasteiger partial charge in [-0.25, -0.2) is 4.79 Å². The molecule has 0 aliphatic heterocycles. The van der Waals surface area contributed by atoms with Crippen LogP contribution in [0.2, 0.25) is 0 Å². The number of benzene rings is 3. The Kier molecular flexibility index (Phi) is 5.41. The summed E-state index contributed by atoms with van der Waals surface area (Å²) in [4.78, 5) is 28.1. The maximum atomic E-state index is 12.6. The number of aryl methyl sites for hydroxylation is 2. The molecule has 0 fully saturated rings. The van der Waals surface area contributed by atoms with Gasteiger partial charge in [0, 0.05) is 11.8 Å². The van der Waals surface area contributed by atoms with Gasteiger partial charge in [-0.05, 0) is 72.5 Å². The number of nitrogens with one attached hydrogen (secondary N) is 1. The number of phenolic OH excluding ortho intramolecular Hbond substituents is 1. The molecule has 0 saturated heterocycles. The number of phenols is 1. The highest BCUT2D eigenvalue weighted by atomic mass is 16.3. The highest BCUT2D eigenvalue weighted by Gasteiger charge is 2.10. The standard InChI is InChI=1S/C26H22N2O3/c1-17-9-11-20(13-18(17)2)24-16-28(26(31)27-24)22-7-4-6-21(15-22)25(30)12-10-19-5-3-8-23(29)14-19/h3-16,29H,1-2H3,(H,27,31)/b12-10+. The summed E-state index contributed by atoms with van der Waals surface area (Å²) < 4.78 is 1.50. The number of rotatable bonds is 5. The fourth-order valence-electron chi connectivity index (χ4n) is 3.35. The van der Waals surface area contributed by atoms with E-state index >= 15 is 0 Å². The van der Waals surface area contributed by atoms with Crippen LogP contribution in [0.5, 0.6) is 5.75 Å². The molecule has 0 amide bonds. The minimum Gasteiger partial charge on any atom is -0.508 e. The lowest BCUT2D eigenvalue weighted by molar-refractivity contribution is 0.104. The molecule has 2 N–H and O–H groups in total. The van der Waals surface area contributed by atoms with Crippen molar-refractivity contribution in [2.45, 2.75) is 13.8 Å². The molecular weight excluding hydrogens is 388 g/mol. The summed E-state index contributed by atoms with van der Waals surface area (Å²) in [7, 11) is 0. The summed E-state index contributed by atoms with van der Waals surface area (Å²) in [5, 5.41) is 9.54. The van der Waals surface area contributed by atoms with Crippen LogP contribution in [0.25, 0.3) is 23.0 Å². The van der Waals surface area contributed by atoms with Gasteiger partial charge < -0.3 is 10.1 Å². The lowest BCUT2D eigenvalue weighted by Gasteiger charge is -2.04. The van der Waals surface area contributed by atoms with Gasteiger partial charge in [0.05, 0.1) is 11.4 Å². The number of ketones is 1. The molecule has 0 atom stereocenters. The van der Waals surface area contributed by atoms with E-state index in [2.05, 4.69) is 4.98 Å². The number of allylic oxidation sites excluding steroid dienone is 1. The summed E-state index contributed by atoms with van der Waals surface area (Å²) >= 11 is 0. The molecular formula is C26H22N2O3. The Morgan fingerprint density at radius 3 is 2.55 bits per heavy atom. The summed E-state index contributed by atoms with van der Waals surface area (Å²) in [5.74, 6) is -0.0498. The number of H-pyrrole nitrogens is 1. The van der Waals surface area contributed by atoms with Crippen LogP contribution in [0.1, 0.15) is 27.0 Å². The molecule has 4 aromatic rings. The van der Waals surface area contributed by atoms with Gasteiger partial charge in [0.2, 0.25) is 0 Å². The second-order valence-corrected chi connectivity index (χ2v) is 7.48. The Balaban J connectivity index is 1.62. The quantitative estimate of drug-likeness (QED) is 0.357. The Hall–Kier alpha value is -4.12. The maximum Gasteiger partial charge on any atom is 0.330 e. The third-order valence-corrected chi connectivity index (χ3v) is 5.24. The Morgan fingerprint density at radius 1 is 0.968 bits per heavy atom. The summed E-state index contributed by atoms with van der Waals surface area (Å²) in [6, 6.07) is 19.6. The summed E-state index contributed by atoms with van der Waals surface area (Å²) in [6.07, 6.45) is 4.85. The molecule has 31 heavy (non-hydrogen) atoms. The highest BCUT2D eigenvalue weighted by Crippen LogP contribution is 2.21. The molecule has 0 saturated carbocycles. The zero-order valence-electron chi connectivity index (χ0n) is 17.3. The van der Waals surface area contributed by atoms with Crippen molar-refractivity contribution in [3.63, 3.8) is 0 Å². The molecule has 0 bridgehead atoms. The van der Waals surface area contributed by atoms with Gasteiger partial charge in [-0.15, -0.1) is 0 Å². The number of aromatic nitrogens is 2. The van der Waals surface area contributed by atoms with Gasteiger partial charge in [0.15, 0.2) is 5.78 Å². The molecule has 0 aliphatic carbocycles. The number of aromatic hydroxyl groups is 1. The second kappa shape index (κ2) is 8.32. The Morgan fingerprint density at radius 2 is 1.77 bits per heavy atom. The number of nitrogens with zero attached hydrogens (tertiary/aromatic N) is 1. The average molecular weight is 410 g/mol. The fraction of sp³-hybridized carbons (Fsp3) is 0.0769.